The van der Waals surface area contributed by atoms with E-state index < -0.39 is 0 Å². The highest BCUT2D eigenvalue weighted by molar-refractivity contribution is 7.79. The van der Waals surface area contributed by atoms with Crippen molar-refractivity contribution in [3.05, 3.63) is 11.8 Å². The lowest BCUT2D eigenvalue weighted by Crippen LogP contribution is -1.81. The Labute approximate surface area is 52.7 Å². The maximum absolute atomic E-state index is 5.28. The zero-order chi connectivity index (χ0) is 5.98. The molecule has 8 heavy (non-hydrogen) atoms. The molecule has 4 heteroatoms. The Bertz CT molecular complexity index is 172. The van der Waals surface area contributed by atoms with Gasteiger partial charge in [0.2, 0.25) is 0 Å². The smallest absolute Gasteiger partial charge is 0.145 e. The van der Waals surface area contributed by atoms with Crippen LogP contribution in [0.4, 0.5) is 5.82 Å². The number of hydrogen-bond acceptors (Lipinski definition) is 3. The molecule has 0 bridgehead atoms. The first kappa shape index (κ1) is 5.50. The van der Waals surface area contributed by atoms with Crippen molar-refractivity contribution < 1.29 is 0 Å². The fourth-order valence-electron chi connectivity index (χ4n) is 0.460. The van der Waals surface area contributed by atoms with Gasteiger partial charge in [-0.05, 0) is 0 Å². The predicted molar refractivity (Wildman–Crippen MR) is 35.7 cm³/mol. The van der Waals surface area contributed by atoms with Gasteiger partial charge in [-0.2, -0.15) is 17.7 Å². The Morgan fingerprint density at radius 1 is 1.88 bits per heavy atom. The van der Waals surface area contributed by atoms with Crippen LogP contribution in [0.3, 0.4) is 0 Å². The third kappa shape index (κ3) is 0.949. The number of nitrogen functional groups attached to an aromatic ring is 1. The molecule has 0 aliphatic heterocycles. The van der Waals surface area contributed by atoms with E-state index in [1.54, 1.807) is 6.07 Å². The summed E-state index contributed by atoms with van der Waals surface area (Å²) in [4.78, 5) is 0. The Morgan fingerprint density at radius 2 is 2.62 bits per heavy atom. The normalized spacial score (nSPS) is 9.62. The van der Waals surface area contributed by atoms with Crippen molar-refractivity contribution in [1.82, 2.24) is 10.2 Å². The lowest BCUT2D eigenvalue weighted by Gasteiger charge is -1.78. The van der Waals surface area contributed by atoms with Gasteiger partial charge in [-0.1, -0.05) is 0 Å². The minimum Gasteiger partial charge on any atom is -0.382 e. The van der Waals surface area contributed by atoms with E-state index in [-0.39, 0.29) is 0 Å². The molecule has 0 fully saturated rings. The van der Waals surface area contributed by atoms with Crippen LogP contribution in [0, 0.1) is 0 Å². The van der Waals surface area contributed by atoms with Gasteiger partial charge in [0.1, 0.15) is 5.82 Å². The molecule has 44 valence electrons. The molecule has 0 atom stereocenters. The maximum atomic E-state index is 5.28. The van der Waals surface area contributed by atoms with Crippen LogP contribution in [0.1, 0.15) is 5.69 Å². The van der Waals surface area contributed by atoms with Crippen molar-refractivity contribution in [3.63, 3.8) is 0 Å². The highest BCUT2D eigenvalue weighted by Crippen LogP contribution is 2.01. The molecule has 0 radical (unpaired) electrons. The van der Waals surface area contributed by atoms with E-state index in [0.29, 0.717) is 11.6 Å². The van der Waals surface area contributed by atoms with Crippen molar-refractivity contribution in [2.75, 3.05) is 5.73 Å². The molecule has 0 unspecified atom stereocenters. The van der Waals surface area contributed by atoms with Crippen LogP contribution < -0.4 is 5.73 Å². The third-order valence-electron chi connectivity index (χ3n) is 0.821. The number of aromatic nitrogens is 2. The number of aromatic amines is 1. The molecule has 3 N–H and O–H groups in total. The summed E-state index contributed by atoms with van der Waals surface area (Å²) in [5.41, 5.74) is 6.23. The third-order valence-corrected chi connectivity index (χ3v) is 1.16. The number of hydrogen-bond donors (Lipinski definition) is 3. The van der Waals surface area contributed by atoms with Crippen molar-refractivity contribution in [2.45, 2.75) is 5.75 Å². The molecule has 0 aliphatic rings. The highest BCUT2D eigenvalue weighted by atomic mass is 32.1. The number of nitrogens with one attached hydrogen (secondary N) is 1. The van der Waals surface area contributed by atoms with Gasteiger partial charge < -0.3 is 5.73 Å². The average molecular weight is 129 g/mol. The second-order valence-electron chi connectivity index (χ2n) is 1.48. The standard InChI is InChI=1S/C4H7N3S/c5-4-1-3(2-8)6-7-4/h1,8H,2H2,(H3,5,6,7). The van der Waals surface area contributed by atoms with E-state index in [0.717, 1.165) is 5.69 Å². The Balaban J connectivity index is 2.84. The molecule has 0 saturated heterocycles. The maximum Gasteiger partial charge on any atom is 0.145 e. The Hall–Kier alpha value is -0.640. The molecular formula is C4H7N3S. The fraction of sp³-hybridized carbons (Fsp3) is 0.250. The van der Waals surface area contributed by atoms with Crippen molar-refractivity contribution in [3.8, 4) is 0 Å². The largest absolute Gasteiger partial charge is 0.382 e. The monoisotopic (exact) mass is 129 g/mol. The van der Waals surface area contributed by atoms with Gasteiger partial charge >= 0.3 is 0 Å². The van der Waals surface area contributed by atoms with E-state index in [9.17, 15) is 0 Å². The molecule has 1 rings (SSSR count). The highest BCUT2D eigenvalue weighted by Gasteiger charge is 1.90. The van der Waals surface area contributed by atoms with E-state index in [4.69, 9.17) is 5.73 Å². The van der Waals surface area contributed by atoms with Crippen LogP contribution in [-0.2, 0) is 5.75 Å². The van der Waals surface area contributed by atoms with Crippen LogP contribution in [-0.4, -0.2) is 10.2 Å². The molecular weight excluding hydrogens is 122 g/mol. The predicted octanol–water partition coefficient (Wildman–Crippen LogP) is 0.422. The van der Waals surface area contributed by atoms with Crippen molar-refractivity contribution in [2.24, 2.45) is 0 Å². The van der Waals surface area contributed by atoms with Crippen LogP contribution in [0.5, 0.6) is 0 Å². The summed E-state index contributed by atoms with van der Waals surface area (Å²) in [7, 11) is 0. The van der Waals surface area contributed by atoms with Crippen molar-refractivity contribution in [1.29, 1.82) is 0 Å². The molecule has 0 aromatic carbocycles. The van der Waals surface area contributed by atoms with Gasteiger partial charge in [0, 0.05) is 17.5 Å². The zero-order valence-electron chi connectivity index (χ0n) is 4.26. The summed E-state index contributed by atoms with van der Waals surface area (Å²) in [6.07, 6.45) is 0. The van der Waals surface area contributed by atoms with Gasteiger partial charge in [-0.25, -0.2) is 0 Å². The molecule has 1 heterocycles. The van der Waals surface area contributed by atoms with Crippen LogP contribution >= 0.6 is 12.6 Å². The SMILES string of the molecule is Nc1cc(CS)[nH]n1. The van der Waals surface area contributed by atoms with Crippen molar-refractivity contribution >= 4 is 18.4 Å². The second-order valence-corrected chi connectivity index (χ2v) is 1.79. The number of nitrogens with two attached hydrogens (primary N) is 1. The number of rotatable bonds is 1. The topological polar surface area (TPSA) is 54.7 Å². The molecule has 0 amide bonds. The summed E-state index contributed by atoms with van der Waals surface area (Å²) in [5, 5.41) is 6.40. The zero-order valence-corrected chi connectivity index (χ0v) is 5.15. The summed E-state index contributed by atoms with van der Waals surface area (Å²) in [6.45, 7) is 0. The Morgan fingerprint density at radius 3 is 2.88 bits per heavy atom. The molecule has 3 nitrogen and oxygen atoms in total. The van der Waals surface area contributed by atoms with Crippen LogP contribution in [0.2, 0.25) is 0 Å². The second kappa shape index (κ2) is 2.09. The molecule has 1 aromatic rings. The summed E-state index contributed by atoms with van der Waals surface area (Å²) < 4.78 is 0. The molecule has 1 aromatic heterocycles. The first-order valence-corrected chi connectivity index (χ1v) is 2.87. The minimum atomic E-state index is 0.522. The number of thiol groups is 1. The van der Waals surface area contributed by atoms with Gasteiger partial charge in [-0.15, -0.1) is 0 Å². The average Bonchev–Trinajstić information content (AvgIpc) is 2.14. The van der Waals surface area contributed by atoms with Gasteiger partial charge in [0.15, 0.2) is 0 Å². The molecule has 0 spiro atoms. The molecule has 0 aliphatic carbocycles. The number of H-pyrrole nitrogens is 1. The summed E-state index contributed by atoms with van der Waals surface area (Å²) in [5.74, 6) is 1.18. The van der Waals surface area contributed by atoms with E-state index >= 15 is 0 Å². The number of anilines is 1. The first-order valence-electron chi connectivity index (χ1n) is 2.23. The van der Waals surface area contributed by atoms with E-state index in [2.05, 4.69) is 22.8 Å². The minimum absolute atomic E-state index is 0.522. The first-order chi connectivity index (χ1) is 3.83. The fourth-order valence-corrected chi connectivity index (χ4v) is 0.622. The van der Waals surface area contributed by atoms with Crippen LogP contribution in [0.25, 0.3) is 0 Å². The lowest BCUT2D eigenvalue weighted by molar-refractivity contribution is 1.04. The lowest BCUT2D eigenvalue weighted by atomic mass is 10.5. The molecule has 0 saturated carbocycles. The van der Waals surface area contributed by atoms with Gasteiger partial charge in [0.05, 0.1) is 0 Å². The van der Waals surface area contributed by atoms with E-state index in [1.807, 2.05) is 0 Å². The van der Waals surface area contributed by atoms with Crippen LogP contribution in [0.15, 0.2) is 6.07 Å². The summed E-state index contributed by atoms with van der Waals surface area (Å²) in [6, 6.07) is 1.76. The van der Waals surface area contributed by atoms with Gasteiger partial charge in [0.25, 0.3) is 0 Å². The quantitative estimate of drug-likeness (QED) is 0.481. The van der Waals surface area contributed by atoms with Gasteiger partial charge in [-0.3, -0.25) is 5.10 Å². The van der Waals surface area contributed by atoms with E-state index in [1.165, 1.54) is 0 Å². The number of nitrogens with zero attached hydrogens (tertiary/aromatic N) is 1. The Kier molecular flexibility index (Phi) is 1.43. The summed E-state index contributed by atoms with van der Waals surface area (Å²) >= 11 is 4.00.